The Bertz CT molecular complexity index is 2790. The molecule has 1 aliphatic rings. The zero-order chi connectivity index (χ0) is 36.4. The van der Waals surface area contributed by atoms with Gasteiger partial charge in [-0.05, 0) is 135 Å². The average molecular weight is 683 g/mol. The first-order valence-electron chi connectivity index (χ1n) is 17.7. The van der Waals surface area contributed by atoms with E-state index in [0.717, 1.165) is 78.7 Å². The summed E-state index contributed by atoms with van der Waals surface area (Å²) in [6.07, 6.45) is 0. The van der Waals surface area contributed by atoms with Crippen molar-refractivity contribution in [2.24, 2.45) is 0 Å². The molecule has 8 aromatic rings. The summed E-state index contributed by atoms with van der Waals surface area (Å²) in [6, 6.07) is 50.7. The van der Waals surface area contributed by atoms with Crippen molar-refractivity contribution in [1.29, 1.82) is 10.5 Å². The zero-order valence-corrected chi connectivity index (χ0v) is 29.9. The summed E-state index contributed by atoms with van der Waals surface area (Å²) in [5.41, 5.74) is 15.3. The van der Waals surface area contributed by atoms with Crippen molar-refractivity contribution < 1.29 is 4.74 Å². The Morgan fingerprint density at radius 1 is 0.453 bits per heavy atom. The fourth-order valence-electron chi connectivity index (χ4n) is 7.82. The minimum atomic E-state index is 0.563. The number of ether oxygens (including phenoxy) is 1. The minimum absolute atomic E-state index is 0.563. The molecular weight excluding hydrogens is 649 g/mol. The molecule has 2 heterocycles. The summed E-state index contributed by atoms with van der Waals surface area (Å²) in [4.78, 5) is 2.29. The average Bonchev–Trinajstić information content (AvgIpc) is 3.48. The van der Waals surface area contributed by atoms with Gasteiger partial charge in [-0.25, -0.2) is 0 Å². The lowest BCUT2D eigenvalue weighted by Gasteiger charge is -2.35. The molecule has 0 bridgehead atoms. The molecule has 53 heavy (non-hydrogen) atoms. The van der Waals surface area contributed by atoms with E-state index in [-0.39, 0.29) is 0 Å². The van der Waals surface area contributed by atoms with E-state index in [0.29, 0.717) is 11.1 Å². The number of anilines is 3. The molecule has 0 N–H and O–H groups in total. The molecule has 0 radical (unpaired) electrons. The number of aryl methyl sites for hydroxylation is 4. The summed E-state index contributed by atoms with van der Waals surface area (Å²) in [5.74, 6) is 1.52. The lowest BCUT2D eigenvalue weighted by atomic mass is 9.89. The largest absolute Gasteiger partial charge is 0.453 e. The third-order valence-corrected chi connectivity index (χ3v) is 10.2. The monoisotopic (exact) mass is 682 g/mol. The summed E-state index contributed by atoms with van der Waals surface area (Å²) in [6.45, 7) is 8.45. The molecule has 0 saturated carbocycles. The van der Waals surface area contributed by atoms with Crippen LogP contribution in [-0.2, 0) is 0 Å². The van der Waals surface area contributed by atoms with Gasteiger partial charge in [0.2, 0.25) is 0 Å². The van der Waals surface area contributed by atoms with Crippen molar-refractivity contribution in [3.8, 4) is 51.6 Å². The van der Waals surface area contributed by atoms with Gasteiger partial charge in [-0.15, -0.1) is 0 Å². The number of hydrogen-bond acceptors (Lipinski definition) is 4. The first-order chi connectivity index (χ1) is 25.8. The molecule has 5 heteroatoms. The fraction of sp³-hybridized carbons (Fsp3) is 0.0833. The van der Waals surface area contributed by atoms with Gasteiger partial charge < -0.3 is 14.2 Å². The van der Waals surface area contributed by atoms with Gasteiger partial charge in [0.05, 0.1) is 57.0 Å². The van der Waals surface area contributed by atoms with Crippen molar-refractivity contribution in [3.63, 3.8) is 0 Å². The third kappa shape index (κ3) is 5.22. The molecule has 0 amide bonds. The lowest BCUT2D eigenvalue weighted by Crippen LogP contribution is -2.18. The highest BCUT2D eigenvalue weighted by atomic mass is 16.5. The van der Waals surface area contributed by atoms with Gasteiger partial charge in [0.25, 0.3) is 0 Å². The van der Waals surface area contributed by atoms with Crippen LogP contribution in [0.1, 0.15) is 33.4 Å². The molecule has 9 rings (SSSR count). The van der Waals surface area contributed by atoms with E-state index in [1.807, 2.05) is 48.5 Å². The standard InChI is InChI=1S/C48H34N4O/c1-29-11-15-39-37(21-29)38-22-30(2)12-16-40(38)51(39)41-17-18-42(52-43-23-31(3)13-19-45(43)53-46-20-14-32(4)24-44(46)52)48(36-10-6-8-34(26-36)28-50)47(41)35-9-5-7-33(25-35)27-49/h5-26H,1-4H3. The van der Waals surface area contributed by atoms with Crippen LogP contribution < -0.4 is 9.64 Å². The Kier molecular flexibility index (Phi) is 7.40. The van der Waals surface area contributed by atoms with Crippen molar-refractivity contribution in [2.45, 2.75) is 27.7 Å². The van der Waals surface area contributed by atoms with Gasteiger partial charge in [-0.1, -0.05) is 59.7 Å². The van der Waals surface area contributed by atoms with Crippen LogP contribution in [0.4, 0.5) is 17.1 Å². The third-order valence-electron chi connectivity index (χ3n) is 10.2. The van der Waals surface area contributed by atoms with Gasteiger partial charge in [0.15, 0.2) is 11.5 Å². The summed E-state index contributed by atoms with van der Waals surface area (Å²) in [5, 5.41) is 22.7. The molecule has 0 aliphatic carbocycles. The predicted molar refractivity (Wildman–Crippen MR) is 215 cm³/mol. The van der Waals surface area contributed by atoms with E-state index >= 15 is 0 Å². The second-order valence-corrected chi connectivity index (χ2v) is 14.0. The van der Waals surface area contributed by atoms with Crippen LogP contribution in [0, 0.1) is 50.4 Å². The van der Waals surface area contributed by atoms with Gasteiger partial charge in [0.1, 0.15) is 0 Å². The van der Waals surface area contributed by atoms with Crippen LogP contribution in [0.15, 0.2) is 133 Å². The number of rotatable bonds is 4. The minimum Gasteiger partial charge on any atom is -0.453 e. The van der Waals surface area contributed by atoms with E-state index in [2.05, 4.69) is 134 Å². The van der Waals surface area contributed by atoms with E-state index in [9.17, 15) is 10.5 Å². The Morgan fingerprint density at radius 3 is 1.42 bits per heavy atom. The Balaban J connectivity index is 1.49. The van der Waals surface area contributed by atoms with Crippen LogP contribution in [0.25, 0.3) is 49.7 Å². The zero-order valence-electron chi connectivity index (χ0n) is 29.9. The Labute approximate surface area is 308 Å². The molecule has 0 spiro atoms. The van der Waals surface area contributed by atoms with Gasteiger partial charge in [-0.3, -0.25) is 0 Å². The fourth-order valence-corrected chi connectivity index (χ4v) is 7.82. The predicted octanol–water partition coefficient (Wildman–Crippen LogP) is 12.7. The van der Waals surface area contributed by atoms with Crippen molar-refractivity contribution >= 4 is 38.9 Å². The number of hydrogen-bond donors (Lipinski definition) is 0. The highest BCUT2D eigenvalue weighted by Crippen LogP contribution is 2.55. The van der Waals surface area contributed by atoms with Crippen molar-refractivity contribution in [1.82, 2.24) is 4.57 Å². The maximum atomic E-state index is 10.2. The molecule has 1 aromatic heterocycles. The first-order valence-corrected chi connectivity index (χ1v) is 17.7. The number of fused-ring (bicyclic) bond motifs is 5. The Morgan fingerprint density at radius 2 is 0.906 bits per heavy atom. The maximum Gasteiger partial charge on any atom is 0.151 e. The van der Waals surface area contributed by atoms with Gasteiger partial charge >= 0.3 is 0 Å². The number of nitriles is 2. The quantitative estimate of drug-likeness (QED) is 0.185. The molecule has 252 valence electrons. The summed E-state index contributed by atoms with van der Waals surface area (Å²) >= 11 is 0. The van der Waals surface area contributed by atoms with E-state index in [1.165, 1.54) is 21.9 Å². The van der Waals surface area contributed by atoms with E-state index in [4.69, 9.17) is 4.74 Å². The second-order valence-electron chi connectivity index (χ2n) is 14.0. The molecule has 7 aromatic carbocycles. The van der Waals surface area contributed by atoms with Crippen LogP contribution >= 0.6 is 0 Å². The first kappa shape index (κ1) is 31.9. The second kappa shape index (κ2) is 12.3. The highest BCUT2D eigenvalue weighted by molar-refractivity contribution is 6.11. The molecule has 0 saturated heterocycles. The smallest absolute Gasteiger partial charge is 0.151 e. The maximum absolute atomic E-state index is 10.2. The van der Waals surface area contributed by atoms with Crippen LogP contribution in [0.2, 0.25) is 0 Å². The van der Waals surface area contributed by atoms with Crippen LogP contribution in [-0.4, -0.2) is 4.57 Å². The molecule has 0 fully saturated rings. The van der Waals surface area contributed by atoms with Gasteiger partial charge in [-0.2, -0.15) is 10.5 Å². The number of nitrogens with zero attached hydrogens (tertiary/aromatic N) is 4. The van der Waals surface area contributed by atoms with E-state index < -0.39 is 0 Å². The Hall–Kier alpha value is -7.08. The van der Waals surface area contributed by atoms with E-state index in [1.54, 1.807) is 0 Å². The molecule has 0 unspecified atom stereocenters. The van der Waals surface area contributed by atoms with Crippen LogP contribution in [0.3, 0.4) is 0 Å². The lowest BCUT2D eigenvalue weighted by molar-refractivity contribution is 0.476. The molecule has 0 atom stereocenters. The van der Waals surface area contributed by atoms with Crippen molar-refractivity contribution in [3.05, 3.63) is 167 Å². The SMILES string of the molecule is Cc1ccc2c(c1)N(c1ccc(-n3c4ccc(C)cc4c4cc(C)ccc43)c(-c3cccc(C#N)c3)c1-c1cccc(C#N)c1)c1cc(C)ccc1O2. The molecular formula is C48H34N4O. The normalized spacial score (nSPS) is 11.8. The summed E-state index contributed by atoms with van der Waals surface area (Å²) in [7, 11) is 0. The molecule has 5 nitrogen and oxygen atoms in total. The number of benzene rings is 7. The van der Waals surface area contributed by atoms with Gasteiger partial charge in [0, 0.05) is 21.9 Å². The topological polar surface area (TPSA) is 65.0 Å². The van der Waals surface area contributed by atoms with Crippen molar-refractivity contribution in [2.75, 3.05) is 4.90 Å². The number of aromatic nitrogens is 1. The van der Waals surface area contributed by atoms with Crippen LogP contribution in [0.5, 0.6) is 11.5 Å². The summed E-state index contributed by atoms with van der Waals surface area (Å²) < 4.78 is 8.90. The highest BCUT2D eigenvalue weighted by Gasteiger charge is 2.31. The molecule has 1 aliphatic heterocycles.